The Hall–Kier alpha value is -3.20. The van der Waals surface area contributed by atoms with Gasteiger partial charge >= 0.3 is 0 Å². The number of halogens is 1. The molecule has 1 atom stereocenters. The minimum atomic E-state index is -1.07. The van der Waals surface area contributed by atoms with Gasteiger partial charge in [0.1, 0.15) is 17.7 Å². The summed E-state index contributed by atoms with van der Waals surface area (Å²) in [7, 11) is 1.48. The Bertz CT molecular complexity index is 1130. The van der Waals surface area contributed by atoms with Crippen molar-refractivity contribution in [3.05, 3.63) is 70.8 Å². The lowest BCUT2D eigenvalue weighted by Crippen LogP contribution is -2.40. The first-order valence-corrected chi connectivity index (χ1v) is 10.6. The van der Waals surface area contributed by atoms with Crippen molar-refractivity contribution in [1.29, 1.82) is 0 Å². The molecule has 0 aliphatic carbocycles. The van der Waals surface area contributed by atoms with Gasteiger partial charge in [-0.15, -0.1) is 10.2 Å². The predicted octanol–water partition coefficient (Wildman–Crippen LogP) is 3.11. The molecule has 0 fully saturated rings. The molecule has 0 saturated carbocycles. The van der Waals surface area contributed by atoms with E-state index in [9.17, 15) is 14.0 Å². The molecule has 2 N–H and O–H groups in total. The molecule has 0 spiro atoms. The Labute approximate surface area is 184 Å². The highest BCUT2D eigenvalue weighted by Gasteiger charge is 2.27. The van der Waals surface area contributed by atoms with Gasteiger partial charge < -0.3 is 10.6 Å². The number of aromatic nitrogens is 3. The smallest absolute Gasteiger partial charge is 0.244 e. The third-order valence-corrected chi connectivity index (χ3v) is 5.85. The number of thioether (sulfide) groups is 1. The van der Waals surface area contributed by atoms with Crippen LogP contribution in [0, 0.1) is 26.6 Å². The van der Waals surface area contributed by atoms with Crippen molar-refractivity contribution in [3.63, 3.8) is 0 Å². The molecule has 1 unspecified atom stereocenters. The van der Waals surface area contributed by atoms with Crippen LogP contribution in [-0.2, 0) is 9.59 Å². The fourth-order valence-electron chi connectivity index (χ4n) is 3.30. The summed E-state index contributed by atoms with van der Waals surface area (Å²) in [5.41, 5.74) is 8.93. The zero-order valence-electron chi connectivity index (χ0n) is 17.8. The maximum absolute atomic E-state index is 13.6. The third-order valence-electron chi connectivity index (χ3n) is 4.94. The van der Waals surface area contributed by atoms with E-state index in [0.717, 1.165) is 16.8 Å². The largest absolute Gasteiger partial charge is 0.368 e. The number of aryl methyl sites for hydroxylation is 3. The average Bonchev–Trinajstić information content (AvgIpc) is 3.08. The molecule has 31 heavy (non-hydrogen) atoms. The summed E-state index contributed by atoms with van der Waals surface area (Å²) >= 11 is 1.21. The first-order valence-electron chi connectivity index (χ1n) is 9.62. The number of nitrogens with two attached hydrogens (primary N) is 1. The van der Waals surface area contributed by atoms with Crippen molar-refractivity contribution < 1.29 is 14.0 Å². The Morgan fingerprint density at radius 3 is 2.58 bits per heavy atom. The molecule has 1 aromatic heterocycles. The molecule has 2 aromatic carbocycles. The van der Waals surface area contributed by atoms with Gasteiger partial charge in [-0.3, -0.25) is 14.2 Å². The Balaban J connectivity index is 1.81. The predicted molar refractivity (Wildman–Crippen MR) is 117 cm³/mol. The molecule has 2 amide bonds. The summed E-state index contributed by atoms with van der Waals surface area (Å²) in [5, 5.41) is 8.93. The highest BCUT2D eigenvalue weighted by Crippen LogP contribution is 2.26. The van der Waals surface area contributed by atoms with Gasteiger partial charge in [-0.1, -0.05) is 36.0 Å². The van der Waals surface area contributed by atoms with Gasteiger partial charge in [-0.25, -0.2) is 4.39 Å². The molecule has 7 nitrogen and oxygen atoms in total. The van der Waals surface area contributed by atoms with Crippen molar-refractivity contribution >= 4 is 23.6 Å². The summed E-state index contributed by atoms with van der Waals surface area (Å²) < 4.78 is 15.5. The monoisotopic (exact) mass is 441 g/mol. The second-order valence-electron chi connectivity index (χ2n) is 7.31. The summed E-state index contributed by atoms with van der Waals surface area (Å²) in [6, 6.07) is 10.5. The maximum Gasteiger partial charge on any atom is 0.244 e. The average molecular weight is 442 g/mol. The second-order valence-corrected chi connectivity index (χ2v) is 8.25. The van der Waals surface area contributed by atoms with E-state index >= 15 is 0 Å². The fourth-order valence-corrected chi connectivity index (χ4v) is 4.22. The Kier molecular flexibility index (Phi) is 6.74. The summed E-state index contributed by atoms with van der Waals surface area (Å²) in [6.45, 7) is 5.85. The van der Waals surface area contributed by atoms with Crippen LogP contribution in [-0.4, -0.2) is 44.3 Å². The van der Waals surface area contributed by atoms with Gasteiger partial charge in [-0.2, -0.15) is 0 Å². The topological polar surface area (TPSA) is 94.1 Å². The number of hydrogen-bond donors (Lipinski definition) is 1. The van der Waals surface area contributed by atoms with E-state index in [1.54, 1.807) is 6.07 Å². The van der Waals surface area contributed by atoms with Crippen LogP contribution in [0.1, 0.15) is 28.6 Å². The number of rotatable bonds is 7. The Morgan fingerprint density at radius 2 is 1.90 bits per heavy atom. The van der Waals surface area contributed by atoms with Crippen LogP contribution in [0.4, 0.5) is 4.39 Å². The van der Waals surface area contributed by atoms with Crippen molar-refractivity contribution in [1.82, 2.24) is 19.7 Å². The highest BCUT2D eigenvalue weighted by atomic mass is 32.2. The van der Waals surface area contributed by atoms with E-state index in [1.807, 2.05) is 43.5 Å². The van der Waals surface area contributed by atoms with Gasteiger partial charge in [0.25, 0.3) is 0 Å². The number of amides is 2. The van der Waals surface area contributed by atoms with E-state index in [-0.39, 0.29) is 11.7 Å². The minimum absolute atomic E-state index is 0.0125. The zero-order valence-corrected chi connectivity index (χ0v) is 18.6. The standard InChI is InChI=1S/C22H24FN5O2S/c1-13-8-9-14(2)18(10-13)28-15(3)25-26-22(28)31-12-19(29)27(4)20(21(24)30)16-6-5-7-17(23)11-16/h5-11,20H,12H2,1-4H3,(H2,24,30). The lowest BCUT2D eigenvalue weighted by molar-refractivity contribution is -0.136. The van der Waals surface area contributed by atoms with Crippen LogP contribution in [0.3, 0.4) is 0 Å². The number of benzene rings is 2. The quantitative estimate of drug-likeness (QED) is 0.569. The van der Waals surface area contributed by atoms with Gasteiger partial charge in [0.05, 0.1) is 11.4 Å². The van der Waals surface area contributed by atoms with E-state index in [0.29, 0.717) is 16.5 Å². The molecule has 0 aliphatic heterocycles. The van der Waals surface area contributed by atoms with Crippen LogP contribution >= 0.6 is 11.8 Å². The summed E-state index contributed by atoms with van der Waals surface area (Å²) in [4.78, 5) is 26.1. The molecule has 0 bridgehead atoms. The van der Waals surface area contributed by atoms with Gasteiger partial charge in [0.15, 0.2) is 5.16 Å². The molecule has 1 heterocycles. The van der Waals surface area contributed by atoms with Crippen molar-refractivity contribution in [3.8, 4) is 5.69 Å². The van der Waals surface area contributed by atoms with E-state index in [4.69, 9.17) is 5.73 Å². The second kappa shape index (κ2) is 9.30. The number of likely N-dealkylation sites (N-methyl/N-ethyl adjacent to an activating group) is 1. The molecule has 162 valence electrons. The number of carbonyl (C=O) groups is 2. The molecule has 0 radical (unpaired) electrons. The SMILES string of the molecule is Cc1ccc(C)c(-n2c(C)nnc2SCC(=O)N(C)C(C(N)=O)c2cccc(F)c2)c1. The van der Waals surface area contributed by atoms with Crippen LogP contribution in [0.2, 0.25) is 0 Å². The lowest BCUT2D eigenvalue weighted by atomic mass is 10.0. The van der Waals surface area contributed by atoms with Gasteiger partial charge in [0, 0.05) is 7.05 Å². The summed E-state index contributed by atoms with van der Waals surface area (Å²) in [5.74, 6) is -0.867. The minimum Gasteiger partial charge on any atom is -0.368 e. The molecular weight excluding hydrogens is 417 g/mol. The zero-order chi connectivity index (χ0) is 22.7. The first kappa shape index (κ1) is 22.5. The number of nitrogens with zero attached hydrogens (tertiary/aromatic N) is 4. The van der Waals surface area contributed by atoms with Crippen LogP contribution in [0.25, 0.3) is 5.69 Å². The molecule has 9 heteroatoms. The molecule has 0 aliphatic rings. The van der Waals surface area contributed by atoms with Crippen LogP contribution in [0.15, 0.2) is 47.6 Å². The van der Waals surface area contributed by atoms with Crippen LogP contribution < -0.4 is 5.73 Å². The first-order chi connectivity index (χ1) is 14.7. The normalized spacial score (nSPS) is 11.9. The van der Waals surface area contributed by atoms with Crippen LogP contribution in [0.5, 0.6) is 0 Å². The number of hydrogen-bond acceptors (Lipinski definition) is 5. The molecule has 3 aromatic rings. The maximum atomic E-state index is 13.6. The van der Waals surface area contributed by atoms with E-state index < -0.39 is 17.8 Å². The van der Waals surface area contributed by atoms with Crippen molar-refractivity contribution in [2.24, 2.45) is 5.73 Å². The molecule has 0 saturated heterocycles. The number of primary amides is 1. The molecule has 3 rings (SSSR count). The molecular formula is C22H24FN5O2S. The third kappa shape index (κ3) is 4.93. The van der Waals surface area contributed by atoms with Gasteiger partial charge in [0.2, 0.25) is 11.8 Å². The fraction of sp³-hybridized carbons (Fsp3) is 0.273. The van der Waals surface area contributed by atoms with E-state index in [2.05, 4.69) is 10.2 Å². The highest BCUT2D eigenvalue weighted by molar-refractivity contribution is 7.99. The lowest BCUT2D eigenvalue weighted by Gasteiger charge is -2.26. The van der Waals surface area contributed by atoms with E-state index in [1.165, 1.54) is 41.9 Å². The van der Waals surface area contributed by atoms with Gasteiger partial charge in [-0.05, 0) is 55.7 Å². The van der Waals surface area contributed by atoms with Crippen molar-refractivity contribution in [2.75, 3.05) is 12.8 Å². The number of carbonyl (C=O) groups excluding carboxylic acids is 2. The van der Waals surface area contributed by atoms with Crippen molar-refractivity contribution in [2.45, 2.75) is 32.0 Å². The summed E-state index contributed by atoms with van der Waals surface area (Å²) in [6.07, 6.45) is 0. The Morgan fingerprint density at radius 1 is 1.16 bits per heavy atom.